The van der Waals surface area contributed by atoms with Crippen molar-refractivity contribution in [2.75, 3.05) is 22.9 Å². The molecule has 3 aromatic rings. The molecule has 0 unspecified atom stereocenters. The molecule has 1 saturated heterocycles. The van der Waals surface area contributed by atoms with E-state index in [1.807, 2.05) is 30.0 Å². The fourth-order valence-corrected chi connectivity index (χ4v) is 4.82. The Balaban J connectivity index is 1.42. The molecule has 34 heavy (non-hydrogen) atoms. The Morgan fingerprint density at radius 2 is 1.65 bits per heavy atom. The van der Waals surface area contributed by atoms with Crippen molar-refractivity contribution in [2.24, 2.45) is 0 Å². The molecule has 0 atom stereocenters. The summed E-state index contributed by atoms with van der Waals surface area (Å²) < 4.78 is 55.1. The molecule has 0 N–H and O–H groups in total. The number of benzene rings is 3. The zero-order chi connectivity index (χ0) is 24.0. The van der Waals surface area contributed by atoms with Crippen LogP contribution in [0.25, 0.3) is 0 Å². The highest BCUT2D eigenvalue weighted by atomic mass is 19.4. The van der Waals surface area contributed by atoms with Crippen molar-refractivity contribution in [2.45, 2.75) is 32.2 Å². The number of amides is 2. The van der Waals surface area contributed by atoms with Gasteiger partial charge in [0.15, 0.2) is 0 Å². The predicted octanol–water partition coefficient (Wildman–Crippen LogP) is 5.98. The molecule has 2 aliphatic rings. The first kappa shape index (κ1) is 22.3. The van der Waals surface area contributed by atoms with Crippen LogP contribution >= 0.6 is 0 Å². The minimum absolute atomic E-state index is 0.0391. The number of aryl methyl sites for hydroxylation is 1. The van der Waals surface area contributed by atoms with Crippen LogP contribution in [0.3, 0.4) is 0 Å². The molecule has 3 aromatic carbocycles. The fourth-order valence-electron chi connectivity index (χ4n) is 4.82. The third-order valence-electron chi connectivity index (χ3n) is 6.56. The zero-order valence-corrected chi connectivity index (χ0v) is 18.5. The lowest BCUT2D eigenvalue weighted by atomic mass is 10.00. The summed E-state index contributed by atoms with van der Waals surface area (Å²) in [6.07, 6.45) is -4.51. The van der Waals surface area contributed by atoms with Gasteiger partial charge in [-0.1, -0.05) is 48.5 Å². The second kappa shape index (κ2) is 8.34. The predicted molar refractivity (Wildman–Crippen MR) is 122 cm³/mol. The summed E-state index contributed by atoms with van der Waals surface area (Å²) in [6.45, 7) is 2.94. The molecule has 2 heterocycles. The monoisotopic (exact) mass is 469 g/mol. The van der Waals surface area contributed by atoms with E-state index in [4.69, 9.17) is 0 Å². The van der Waals surface area contributed by atoms with E-state index in [1.165, 1.54) is 23.1 Å². The second-order valence-corrected chi connectivity index (χ2v) is 8.74. The molecule has 0 aromatic heterocycles. The molecule has 0 bridgehead atoms. The molecular weight excluding hydrogens is 446 g/mol. The normalized spacial score (nSPS) is 16.5. The van der Waals surface area contributed by atoms with Gasteiger partial charge in [-0.25, -0.2) is 9.18 Å². The van der Waals surface area contributed by atoms with Gasteiger partial charge >= 0.3 is 12.2 Å². The maximum absolute atomic E-state index is 14.4. The number of hydrogen-bond acceptors (Lipinski definition) is 2. The number of anilines is 2. The molecule has 0 spiro atoms. The number of para-hydroxylation sites is 2. The Labute approximate surface area is 195 Å². The van der Waals surface area contributed by atoms with Crippen molar-refractivity contribution >= 4 is 17.4 Å². The van der Waals surface area contributed by atoms with E-state index in [-0.39, 0.29) is 30.0 Å². The number of nitrogens with zero attached hydrogens (tertiary/aromatic N) is 3. The lowest BCUT2D eigenvalue weighted by molar-refractivity contribution is -0.138. The third kappa shape index (κ3) is 3.87. The number of carbonyl (C=O) groups excluding carboxylic acids is 1. The summed E-state index contributed by atoms with van der Waals surface area (Å²) >= 11 is 0. The standard InChI is InChI=1S/C26H23F4N3O/c1-17-7-6-11-22(27)24(17)31-15-20(16-31)32-14-19-9-3-5-12-23(19)33(25(32)34)13-18-8-2-4-10-21(18)26(28,29)30/h2-12,20H,13-16H2,1H3. The van der Waals surface area contributed by atoms with Crippen molar-refractivity contribution in [1.29, 1.82) is 0 Å². The molecular formula is C26H23F4N3O. The number of urea groups is 1. The molecule has 4 nitrogen and oxygen atoms in total. The minimum Gasteiger partial charge on any atom is -0.365 e. The van der Waals surface area contributed by atoms with Crippen LogP contribution in [0, 0.1) is 12.7 Å². The van der Waals surface area contributed by atoms with Crippen LogP contribution in [0.4, 0.5) is 33.7 Å². The van der Waals surface area contributed by atoms with Crippen LogP contribution in [0.5, 0.6) is 0 Å². The summed E-state index contributed by atoms with van der Waals surface area (Å²) in [4.78, 5) is 18.5. The molecule has 0 aliphatic carbocycles. The number of rotatable bonds is 4. The first-order chi connectivity index (χ1) is 16.2. The highest BCUT2D eigenvalue weighted by molar-refractivity contribution is 5.95. The van der Waals surface area contributed by atoms with Crippen LogP contribution in [-0.2, 0) is 19.3 Å². The Morgan fingerprint density at radius 3 is 2.38 bits per heavy atom. The van der Waals surface area contributed by atoms with Crippen LogP contribution in [0.15, 0.2) is 66.7 Å². The van der Waals surface area contributed by atoms with Gasteiger partial charge in [0.05, 0.1) is 29.5 Å². The second-order valence-electron chi connectivity index (χ2n) is 8.74. The molecule has 5 rings (SSSR count). The van der Waals surface area contributed by atoms with E-state index >= 15 is 0 Å². The van der Waals surface area contributed by atoms with Gasteiger partial charge in [-0.3, -0.25) is 4.90 Å². The summed E-state index contributed by atoms with van der Waals surface area (Å²) in [7, 11) is 0. The van der Waals surface area contributed by atoms with Crippen molar-refractivity contribution < 1.29 is 22.4 Å². The van der Waals surface area contributed by atoms with Crippen LogP contribution in [0.1, 0.15) is 22.3 Å². The van der Waals surface area contributed by atoms with Crippen molar-refractivity contribution in [3.63, 3.8) is 0 Å². The fraction of sp³-hybridized carbons (Fsp3) is 0.269. The van der Waals surface area contributed by atoms with Gasteiger partial charge in [0, 0.05) is 19.6 Å². The number of alkyl halides is 3. The summed E-state index contributed by atoms with van der Waals surface area (Å²) in [6, 6.07) is 17.0. The SMILES string of the molecule is Cc1cccc(F)c1N1CC(N2Cc3ccccc3N(Cc3ccccc3C(F)(F)F)C2=O)C1. The average molecular weight is 469 g/mol. The minimum atomic E-state index is -4.51. The molecule has 0 saturated carbocycles. The quantitative estimate of drug-likeness (QED) is 0.440. The van der Waals surface area contributed by atoms with Crippen LogP contribution in [0.2, 0.25) is 0 Å². The zero-order valence-electron chi connectivity index (χ0n) is 18.5. The first-order valence-electron chi connectivity index (χ1n) is 11.0. The van der Waals surface area contributed by atoms with Crippen molar-refractivity contribution in [3.05, 3.63) is 94.8 Å². The van der Waals surface area contributed by atoms with Gasteiger partial charge in [0.2, 0.25) is 0 Å². The van der Waals surface area contributed by atoms with Crippen LogP contribution < -0.4 is 9.80 Å². The Morgan fingerprint density at radius 1 is 0.941 bits per heavy atom. The summed E-state index contributed by atoms with van der Waals surface area (Å²) in [5, 5.41) is 0. The van der Waals surface area contributed by atoms with Gasteiger partial charge in [-0.05, 0) is 41.8 Å². The van der Waals surface area contributed by atoms with Gasteiger partial charge < -0.3 is 9.80 Å². The highest BCUT2D eigenvalue weighted by Crippen LogP contribution is 2.37. The number of halogens is 4. The maximum Gasteiger partial charge on any atom is 0.416 e. The molecule has 2 aliphatic heterocycles. The Kier molecular flexibility index (Phi) is 5.46. The molecule has 2 amide bonds. The number of hydrogen-bond donors (Lipinski definition) is 0. The van der Waals surface area contributed by atoms with E-state index in [1.54, 1.807) is 29.2 Å². The van der Waals surface area contributed by atoms with Crippen molar-refractivity contribution in [3.8, 4) is 0 Å². The average Bonchev–Trinajstić information content (AvgIpc) is 2.77. The smallest absolute Gasteiger partial charge is 0.365 e. The van der Waals surface area contributed by atoms with E-state index in [2.05, 4.69) is 0 Å². The van der Waals surface area contributed by atoms with Gasteiger partial charge in [-0.2, -0.15) is 13.2 Å². The topological polar surface area (TPSA) is 26.8 Å². The molecule has 176 valence electrons. The van der Waals surface area contributed by atoms with E-state index < -0.39 is 11.7 Å². The molecule has 0 radical (unpaired) electrons. The van der Waals surface area contributed by atoms with Crippen LogP contribution in [-0.4, -0.2) is 30.1 Å². The van der Waals surface area contributed by atoms with Crippen molar-refractivity contribution in [1.82, 2.24) is 4.90 Å². The van der Waals surface area contributed by atoms with Gasteiger partial charge in [0.1, 0.15) is 5.82 Å². The number of fused-ring (bicyclic) bond motifs is 1. The number of carbonyl (C=O) groups is 1. The van der Waals surface area contributed by atoms with E-state index in [0.29, 0.717) is 31.0 Å². The van der Waals surface area contributed by atoms with Gasteiger partial charge in [-0.15, -0.1) is 0 Å². The Bertz CT molecular complexity index is 1220. The maximum atomic E-state index is 14.4. The summed E-state index contributed by atoms with van der Waals surface area (Å²) in [5.74, 6) is -0.306. The third-order valence-corrected chi connectivity index (χ3v) is 6.56. The summed E-state index contributed by atoms with van der Waals surface area (Å²) in [5.41, 5.74) is 2.12. The molecule has 8 heteroatoms. The lowest BCUT2D eigenvalue weighted by Gasteiger charge is -2.50. The molecule has 1 fully saturated rings. The van der Waals surface area contributed by atoms with Gasteiger partial charge in [0.25, 0.3) is 0 Å². The Hall–Kier alpha value is -3.55. The highest BCUT2D eigenvalue weighted by Gasteiger charge is 2.42. The van der Waals surface area contributed by atoms with E-state index in [0.717, 1.165) is 17.2 Å². The largest absolute Gasteiger partial charge is 0.416 e. The first-order valence-corrected chi connectivity index (χ1v) is 11.0. The van der Waals surface area contributed by atoms with E-state index in [9.17, 15) is 22.4 Å². The lowest BCUT2D eigenvalue weighted by Crippen LogP contribution is -2.64.